The molecule has 0 aliphatic heterocycles. The number of ether oxygens (including phenoxy) is 1. The predicted molar refractivity (Wildman–Crippen MR) is 60.9 cm³/mol. The van der Waals surface area contributed by atoms with Crippen molar-refractivity contribution in [2.45, 2.75) is 11.9 Å². The Morgan fingerprint density at radius 2 is 1.83 bits per heavy atom. The number of aromatic nitrogens is 2. The largest absolute Gasteiger partial charge is 0.378 e. The van der Waals surface area contributed by atoms with Gasteiger partial charge in [0.1, 0.15) is 0 Å². The van der Waals surface area contributed by atoms with E-state index in [1.807, 2.05) is 0 Å². The Labute approximate surface area is 103 Å². The van der Waals surface area contributed by atoms with Crippen LogP contribution < -0.4 is 0 Å². The first-order valence-corrected chi connectivity index (χ1v) is 8.21. The minimum absolute atomic E-state index is 0.0624. The molecule has 18 heavy (non-hydrogen) atoms. The second-order valence-corrected chi connectivity index (χ2v) is 7.54. The molecule has 0 aliphatic rings. The molecule has 0 saturated heterocycles. The van der Waals surface area contributed by atoms with Gasteiger partial charge in [0.25, 0.3) is 0 Å². The summed E-state index contributed by atoms with van der Waals surface area (Å²) in [7, 11) is -9.81. The highest BCUT2D eigenvalue weighted by Gasteiger charge is 2.43. The van der Waals surface area contributed by atoms with Gasteiger partial charge in [-0.1, -0.05) is 0 Å². The lowest BCUT2D eigenvalue weighted by molar-refractivity contribution is 0.127. The maximum absolute atomic E-state index is 10.9. The van der Waals surface area contributed by atoms with Crippen molar-refractivity contribution in [3.8, 4) is 0 Å². The highest BCUT2D eigenvalue weighted by molar-refractivity contribution is 7.70. The van der Waals surface area contributed by atoms with Crippen LogP contribution in [-0.2, 0) is 20.4 Å². The minimum atomic E-state index is -4.90. The molecule has 0 saturated carbocycles. The fraction of sp³-hybridized carbons (Fsp3) is 0.571. The molecule has 1 aromatic heterocycles. The van der Waals surface area contributed by atoms with E-state index in [1.165, 1.54) is 6.33 Å². The smallest absolute Gasteiger partial charge is 0.343 e. The van der Waals surface area contributed by atoms with Crippen LogP contribution in [0, 0.1) is 0 Å². The van der Waals surface area contributed by atoms with Crippen molar-refractivity contribution in [1.29, 1.82) is 0 Å². The summed E-state index contributed by atoms with van der Waals surface area (Å²) in [6.45, 7) is -0.273. The van der Waals surface area contributed by atoms with Crippen molar-refractivity contribution in [1.82, 2.24) is 9.55 Å². The second-order valence-electron chi connectivity index (χ2n) is 3.53. The number of nitrogens with zero attached hydrogens (tertiary/aromatic N) is 2. The molecule has 0 radical (unpaired) electrons. The van der Waals surface area contributed by atoms with Gasteiger partial charge in [0.15, 0.2) is 5.40 Å². The molecular weight excluding hydrogens is 286 g/mol. The molecule has 0 fully saturated rings. The van der Waals surface area contributed by atoms with Crippen molar-refractivity contribution in [3.05, 3.63) is 18.7 Å². The summed E-state index contributed by atoms with van der Waals surface area (Å²) < 4.78 is 28.4. The standard InChI is InChI=1S/C7H14N2O7P2/c10-17(11,12)7(18(13,14)15)5-16-4-3-9-2-1-8-6-9/h1-2,6-7H,3-5H2,(H2,10,11,12)(H2,13,14,15). The molecule has 104 valence electrons. The highest BCUT2D eigenvalue weighted by Crippen LogP contribution is 2.59. The first-order valence-electron chi connectivity index (χ1n) is 4.85. The molecule has 1 heterocycles. The molecule has 11 heteroatoms. The van der Waals surface area contributed by atoms with Gasteiger partial charge >= 0.3 is 15.2 Å². The normalized spacial score (nSPS) is 13.2. The third-order valence-electron chi connectivity index (χ3n) is 2.10. The summed E-state index contributed by atoms with van der Waals surface area (Å²) in [6.07, 6.45) is 4.73. The summed E-state index contributed by atoms with van der Waals surface area (Å²) in [5.41, 5.74) is 0. The van der Waals surface area contributed by atoms with Gasteiger partial charge in [0.05, 0.1) is 19.5 Å². The van der Waals surface area contributed by atoms with Gasteiger partial charge < -0.3 is 28.9 Å². The van der Waals surface area contributed by atoms with Crippen LogP contribution in [0.1, 0.15) is 0 Å². The molecule has 1 aromatic rings. The Morgan fingerprint density at radius 3 is 2.28 bits per heavy atom. The quantitative estimate of drug-likeness (QED) is 0.393. The fourth-order valence-electron chi connectivity index (χ4n) is 1.17. The third kappa shape index (κ3) is 4.99. The van der Waals surface area contributed by atoms with Crippen LogP contribution >= 0.6 is 15.2 Å². The number of rotatable bonds is 7. The summed E-state index contributed by atoms with van der Waals surface area (Å²) in [6, 6.07) is 0. The van der Waals surface area contributed by atoms with Crippen LogP contribution in [0.5, 0.6) is 0 Å². The minimum Gasteiger partial charge on any atom is -0.378 e. The van der Waals surface area contributed by atoms with Crippen molar-refractivity contribution in [2.75, 3.05) is 13.2 Å². The van der Waals surface area contributed by atoms with Gasteiger partial charge in [0, 0.05) is 18.9 Å². The summed E-state index contributed by atoms with van der Waals surface area (Å²) in [5, 5.41) is -2.12. The van der Waals surface area contributed by atoms with E-state index in [4.69, 9.17) is 24.3 Å². The van der Waals surface area contributed by atoms with Crippen molar-refractivity contribution in [3.63, 3.8) is 0 Å². The van der Waals surface area contributed by atoms with Crippen LogP contribution in [0.3, 0.4) is 0 Å². The Kier molecular flexibility index (Phi) is 5.24. The number of imidazole rings is 1. The molecule has 0 aromatic carbocycles. The predicted octanol–water partition coefficient (Wildman–Crippen LogP) is -0.419. The van der Waals surface area contributed by atoms with Crippen molar-refractivity contribution < 1.29 is 33.4 Å². The van der Waals surface area contributed by atoms with Gasteiger partial charge in [-0.2, -0.15) is 0 Å². The average molecular weight is 300 g/mol. The number of hydrogen-bond donors (Lipinski definition) is 4. The first-order chi connectivity index (χ1) is 8.21. The van der Waals surface area contributed by atoms with Crippen molar-refractivity contribution >= 4 is 15.2 Å². The van der Waals surface area contributed by atoms with Crippen LogP contribution in [0.15, 0.2) is 18.7 Å². The molecule has 0 atom stereocenters. The average Bonchev–Trinajstić information content (AvgIpc) is 2.65. The maximum Gasteiger partial charge on any atom is 0.343 e. The van der Waals surface area contributed by atoms with Crippen LogP contribution in [0.2, 0.25) is 0 Å². The van der Waals surface area contributed by atoms with Gasteiger partial charge in [-0.3, -0.25) is 9.13 Å². The topological polar surface area (TPSA) is 142 Å². The van der Waals surface area contributed by atoms with Crippen LogP contribution in [0.4, 0.5) is 0 Å². The maximum atomic E-state index is 10.9. The summed E-state index contributed by atoms with van der Waals surface area (Å²) in [4.78, 5) is 39.1. The zero-order chi connectivity index (χ0) is 13.8. The SMILES string of the molecule is O=P(O)(O)C(COCCn1ccnc1)P(=O)(O)O. The van der Waals surface area contributed by atoms with E-state index in [-0.39, 0.29) is 6.61 Å². The van der Waals surface area contributed by atoms with E-state index < -0.39 is 27.2 Å². The van der Waals surface area contributed by atoms with E-state index in [2.05, 4.69) is 4.98 Å². The lowest BCUT2D eigenvalue weighted by atomic mass is 10.6. The van der Waals surface area contributed by atoms with E-state index in [0.717, 1.165) is 0 Å². The van der Waals surface area contributed by atoms with E-state index in [9.17, 15) is 9.13 Å². The Hall–Kier alpha value is -0.530. The fourth-order valence-corrected chi connectivity index (χ4v) is 3.33. The van der Waals surface area contributed by atoms with Crippen molar-refractivity contribution in [2.24, 2.45) is 0 Å². The molecule has 9 nitrogen and oxygen atoms in total. The van der Waals surface area contributed by atoms with E-state index >= 15 is 0 Å². The summed E-state index contributed by atoms with van der Waals surface area (Å²) >= 11 is 0. The Balaban J connectivity index is 2.44. The molecular formula is C7H14N2O7P2. The zero-order valence-corrected chi connectivity index (χ0v) is 11.0. The lowest BCUT2D eigenvalue weighted by Gasteiger charge is -2.19. The van der Waals surface area contributed by atoms with Gasteiger partial charge in [-0.05, 0) is 0 Å². The second kappa shape index (κ2) is 6.08. The molecule has 4 N–H and O–H groups in total. The molecule has 0 aliphatic carbocycles. The van der Waals surface area contributed by atoms with E-state index in [0.29, 0.717) is 6.54 Å². The first kappa shape index (κ1) is 15.5. The van der Waals surface area contributed by atoms with Crippen LogP contribution in [-0.4, -0.2) is 47.7 Å². The molecule has 1 rings (SSSR count). The highest BCUT2D eigenvalue weighted by atomic mass is 31.2. The van der Waals surface area contributed by atoms with Gasteiger partial charge in [-0.25, -0.2) is 4.98 Å². The number of hydrogen-bond acceptors (Lipinski definition) is 4. The van der Waals surface area contributed by atoms with Gasteiger partial charge in [-0.15, -0.1) is 0 Å². The lowest BCUT2D eigenvalue weighted by Crippen LogP contribution is -2.18. The Morgan fingerprint density at radius 1 is 1.22 bits per heavy atom. The van der Waals surface area contributed by atoms with Gasteiger partial charge in [0.2, 0.25) is 0 Å². The Bertz CT molecular complexity index is 428. The molecule has 0 unspecified atom stereocenters. The molecule has 0 bridgehead atoms. The zero-order valence-electron chi connectivity index (χ0n) is 9.23. The molecule has 0 amide bonds. The van der Waals surface area contributed by atoms with E-state index in [1.54, 1.807) is 17.0 Å². The van der Waals surface area contributed by atoms with Crippen LogP contribution in [0.25, 0.3) is 0 Å². The summed E-state index contributed by atoms with van der Waals surface area (Å²) in [5.74, 6) is 0. The molecule has 0 spiro atoms. The third-order valence-corrected chi connectivity index (χ3v) is 5.75. The monoisotopic (exact) mass is 300 g/mol.